The van der Waals surface area contributed by atoms with Crippen LogP contribution in [0.2, 0.25) is 5.02 Å². The Hall–Kier alpha value is -1.55. The first-order valence-electron chi connectivity index (χ1n) is 3.78. The molecule has 0 bridgehead atoms. The number of amides is 1. The Morgan fingerprint density at radius 1 is 1.57 bits per heavy atom. The van der Waals surface area contributed by atoms with Gasteiger partial charge >= 0.3 is 5.97 Å². The molecule has 1 N–H and O–H groups in total. The van der Waals surface area contributed by atoms with Gasteiger partial charge in [-0.15, -0.1) is 0 Å². The predicted octanol–water partition coefficient (Wildman–Crippen LogP) is 1.63. The van der Waals surface area contributed by atoms with Gasteiger partial charge < -0.3 is 10.0 Å². The minimum atomic E-state index is -1.15. The van der Waals surface area contributed by atoms with E-state index in [0.29, 0.717) is 6.41 Å². The highest BCUT2D eigenvalue weighted by Crippen LogP contribution is 2.25. The van der Waals surface area contributed by atoms with Gasteiger partial charge in [0.25, 0.3) is 0 Å². The number of rotatable bonds is 3. The summed E-state index contributed by atoms with van der Waals surface area (Å²) >= 11 is 5.70. The molecule has 1 rings (SSSR count). The molecule has 0 aliphatic heterocycles. The van der Waals surface area contributed by atoms with Crippen LogP contribution in [0.3, 0.4) is 0 Å². The molecule has 0 radical (unpaired) electrons. The number of hydrogen-bond donors (Lipinski definition) is 1. The Bertz CT molecular complexity index is 378. The van der Waals surface area contributed by atoms with E-state index < -0.39 is 5.97 Å². The summed E-state index contributed by atoms with van der Waals surface area (Å²) in [5, 5.41) is 8.98. The van der Waals surface area contributed by atoms with Crippen molar-refractivity contribution in [2.45, 2.75) is 0 Å². The standard InChI is InChI=1S/C9H8ClNO3/c1-11(5-12)7-4-2-3-6(10)8(7)9(13)14/h2-5H,1H3,(H,13,14). The van der Waals surface area contributed by atoms with Gasteiger partial charge in [-0.25, -0.2) is 4.79 Å². The molecule has 0 aliphatic carbocycles. The molecule has 0 heterocycles. The number of carboxylic acid groups (broad SMARTS) is 1. The third-order valence-corrected chi connectivity index (χ3v) is 2.06. The predicted molar refractivity (Wildman–Crippen MR) is 52.9 cm³/mol. The van der Waals surface area contributed by atoms with Gasteiger partial charge in [0.05, 0.1) is 10.7 Å². The maximum atomic E-state index is 10.8. The van der Waals surface area contributed by atoms with Crippen molar-refractivity contribution in [2.24, 2.45) is 0 Å². The Labute approximate surface area is 85.7 Å². The lowest BCUT2D eigenvalue weighted by Crippen LogP contribution is -2.17. The summed E-state index contributed by atoms with van der Waals surface area (Å²) in [5.74, 6) is -1.15. The maximum absolute atomic E-state index is 10.8. The van der Waals surface area contributed by atoms with Crippen LogP contribution in [0.15, 0.2) is 18.2 Å². The van der Waals surface area contributed by atoms with Crippen LogP contribution in [-0.4, -0.2) is 24.5 Å². The molecule has 0 atom stereocenters. The molecule has 0 saturated heterocycles. The summed E-state index contributed by atoms with van der Waals surface area (Å²) in [6.07, 6.45) is 0.526. The number of hydrogen-bond acceptors (Lipinski definition) is 2. The minimum Gasteiger partial charge on any atom is -0.478 e. The number of nitrogens with zero attached hydrogens (tertiary/aromatic N) is 1. The molecular formula is C9H8ClNO3. The fraction of sp³-hybridized carbons (Fsp3) is 0.111. The summed E-state index contributed by atoms with van der Waals surface area (Å²) in [5.41, 5.74) is 0.212. The SMILES string of the molecule is CN(C=O)c1cccc(Cl)c1C(=O)O. The summed E-state index contributed by atoms with van der Waals surface area (Å²) in [7, 11) is 1.46. The van der Waals surface area contributed by atoms with Crippen molar-refractivity contribution < 1.29 is 14.7 Å². The van der Waals surface area contributed by atoms with Crippen molar-refractivity contribution in [1.82, 2.24) is 0 Å². The second kappa shape index (κ2) is 4.11. The first-order valence-corrected chi connectivity index (χ1v) is 4.15. The highest BCUT2D eigenvalue weighted by atomic mass is 35.5. The van der Waals surface area contributed by atoms with Crippen molar-refractivity contribution in [3.63, 3.8) is 0 Å². The zero-order valence-corrected chi connectivity index (χ0v) is 8.15. The van der Waals surface area contributed by atoms with E-state index >= 15 is 0 Å². The lowest BCUT2D eigenvalue weighted by Gasteiger charge is -2.14. The van der Waals surface area contributed by atoms with Crippen molar-refractivity contribution in [2.75, 3.05) is 11.9 Å². The van der Waals surface area contributed by atoms with Gasteiger partial charge in [0.15, 0.2) is 0 Å². The summed E-state index contributed by atoms with van der Waals surface area (Å²) in [4.78, 5) is 22.5. The molecule has 4 nitrogen and oxygen atoms in total. The van der Waals surface area contributed by atoms with E-state index in [1.54, 1.807) is 6.07 Å². The van der Waals surface area contributed by atoms with E-state index in [1.165, 1.54) is 19.2 Å². The summed E-state index contributed by atoms with van der Waals surface area (Å²) in [6.45, 7) is 0. The lowest BCUT2D eigenvalue weighted by molar-refractivity contribution is -0.107. The topological polar surface area (TPSA) is 57.6 Å². The monoisotopic (exact) mass is 213 g/mol. The van der Waals surface area contributed by atoms with Crippen molar-refractivity contribution in [3.05, 3.63) is 28.8 Å². The molecular weight excluding hydrogens is 206 g/mol. The van der Waals surface area contributed by atoms with E-state index in [2.05, 4.69) is 0 Å². The number of anilines is 1. The number of carbonyl (C=O) groups is 2. The molecule has 0 unspecified atom stereocenters. The van der Waals surface area contributed by atoms with Crippen molar-refractivity contribution >= 4 is 29.7 Å². The average molecular weight is 214 g/mol. The Balaban J connectivity index is 3.35. The molecule has 14 heavy (non-hydrogen) atoms. The molecule has 0 aromatic heterocycles. The first-order chi connectivity index (χ1) is 6.57. The summed E-state index contributed by atoms with van der Waals surface area (Å²) in [6, 6.07) is 4.57. The molecule has 0 fully saturated rings. The van der Waals surface area contributed by atoms with Crippen molar-refractivity contribution in [1.29, 1.82) is 0 Å². The Morgan fingerprint density at radius 2 is 2.21 bits per heavy atom. The molecule has 1 amide bonds. The van der Waals surface area contributed by atoms with E-state index in [9.17, 15) is 9.59 Å². The zero-order valence-electron chi connectivity index (χ0n) is 7.40. The van der Waals surface area contributed by atoms with E-state index in [-0.39, 0.29) is 16.3 Å². The zero-order chi connectivity index (χ0) is 10.7. The fourth-order valence-corrected chi connectivity index (χ4v) is 1.33. The molecule has 0 spiro atoms. The number of halogens is 1. The van der Waals surface area contributed by atoms with Gasteiger partial charge in [-0.2, -0.15) is 0 Å². The molecule has 74 valence electrons. The van der Waals surface area contributed by atoms with E-state index in [0.717, 1.165) is 4.90 Å². The smallest absolute Gasteiger partial charge is 0.339 e. The first kappa shape index (κ1) is 10.5. The van der Waals surface area contributed by atoms with Gasteiger partial charge in [-0.05, 0) is 12.1 Å². The number of carbonyl (C=O) groups excluding carboxylic acids is 1. The Morgan fingerprint density at radius 3 is 2.71 bits per heavy atom. The van der Waals surface area contributed by atoms with Gasteiger partial charge in [0.1, 0.15) is 5.56 Å². The van der Waals surface area contributed by atoms with E-state index in [1.807, 2.05) is 0 Å². The van der Waals surface area contributed by atoms with Crippen LogP contribution in [-0.2, 0) is 4.79 Å². The van der Waals surface area contributed by atoms with E-state index in [4.69, 9.17) is 16.7 Å². The summed E-state index contributed by atoms with van der Waals surface area (Å²) < 4.78 is 0. The van der Waals surface area contributed by atoms with Gasteiger partial charge in [0, 0.05) is 7.05 Å². The minimum absolute atomic E-state index is 0.0660. The third kappa shape index (κ3) is 1.85. The van der Waals surface area contributed by atoms with Crippen molar-refractivity contribution in [3.8, 4) is 0 Å². The van der Waals surface area contributed by atoms with Gasteiger partial charge in [-0.3, -0.25) is 4.79 Å². The largest absolute Gasteiger partial charge is 0.478 e. The fourth-order valence-electron chi connectivity index (χ4n) is 1.08. The van der Waals surface area contributed by atoms with Crippen LogP contribution in [0, 0.1) is 0 Å². The highest BCUT2D eigenvalue weighted by Gasteiger charge is 2.16. The van der Waals surface area contributed by atoms with Gasteiger partial charge in [0.2, 0.25) is 6.41 Å². The highest BCUT2D eigenvalue weighted by molar-refractivity contribution is 6.34. The van der Waals surface area contributed by atoms with Crippen LogP contribution in [0.1, 0.15) is 10.4 Å². The lowest BCUT2D eigenvalue weighted by atomic mass is 10.1. The number of aromatic carboxylic acids is 1. The van der Waals surface area contributed by atoms with Crippen LogP contribution in [0.4, 0.5) is 5.69 Å². The van der Waals surface area contributed by atoms with Crippen LogP contribution in [0.5, 0.6) is 0 Å². The molecule has 0 saturated carbocycles. The third-order valence-electron chi connectivity index (χ3n) is 1.74. The maximum Gasteiger partial charge on any atom is 0.339 e. The average Bonchev–Trinajstić information content (AvgIpc) is 2.15. The van der Waals surface area contributed by atoms with Gasteiger partial charge in [-0.1, -0.05) is 17.7 Å². The molecule has 0 aliphatic rings. The Kier molecular flexibility index (Phi) is 3.09. The number of carboxylic acids is 1. The van der Waals surface area contributed by atoms with Crippen LogP contribution < -0.4 is 4.90 Å². The molecule has 1 aromatic carbocycles. The second-order valence-corrected chi connectivity index (χ2v) is 3.06. The quantitative estimate of drug-likeness (QED) is 0.777. The molecule has 5 heteroatoms. The van der Waals surface area contributed by atoms with Crippen LogP contribution >= 0.6 is 11.6 Å². The van der Waals surface area contributed by atoms with Crippen LogP contribution in [0.25, 0.3) is 0 Å². The second-order valence-electron chi connectivity index (χ2n) is 2.66. The normalized spacial score (nSPS) is 9.57. The molecule has 1 aromatic rings. The number of benzene rings is 1.